The number of nitrogens with one attached hydrogen (secondary N) is 1. The van der Waals surface area contributed by atoms with Gasteiger partial charge in [-0.2, -0.15) is 4.91 Å². The molecule has 2 fully saturated rings. The van der Waals surface area contributed by atoms with Gasteiger partial charge in [0.05, 0.1) is 0 Å². The highest BCUT2D eigenvalue weighted by Crippen LogP contribution is 2.43. The minimum atomic E-state index is -0.432. The summed E-state index contributed by atoms with van der Waals surface area (Å²) in [5.41, 5.74) is 1.94. The molecule has 1 aliphatic heterocycles. The minimum absolute atomic E-state index is 0.187. The lowest BCUT2D eigenvalue weighted by atomic mass is 9.70. The van der Waals surface area contributed by atoms with Gasteiger partial charge in [0.2, 0.25) is 0 Å². The Labute approximate surface area is 145 Å². The lowest BCUT2D eigenvalue weighted by molar-refractivity contribution is 0.166. The van der Waals surface area contributed by atoms with Crippen LogP contribution >= 0.6 is 0 Å². The molecule has 2 aliphatic rings. The molecule has 1 N–H and O–H groups in total. The summed E-state index contributed by atoms with van der Waals surface area (Å²) in [6, 6.07) is 8.56. The van der Waals surface area contributed by atoms with Crippen LogP contribution in [0.2, 0.25) is 0 Å². The van der Waals surface area contributed by atoms with Crippen LogP contribution in [0.25, 0.3) is 6.08 Å². The molecule has 4 heteroatoms. The van der Waals surface area contributed by atoms with Crippen LogP contribution < -0.4 is 5.32 Å². The van der Waals surface area contributed by atoms with Gasteiger partial charge < -0.3 is 10.2 Å². The van der Waals surface area contributed by atoms with Gasteiger partial charge in [0, 0.05) is 38.6 Å². The molecule has 0 aromatic heterocycles. The van der Waals surface area contributed by atoms with Crippen LogP contribution in [-0.2, 0) is 0 Å². The van der Waals surface area contributed by atoms with E-state index >= 15 is 0 Å². The zero-order chi connectivity index (χ0) is 16.8. The zero-order valence-electron chi connectivity index (χ0n) is 14.5. The minimum Gasteiger partial charge on any atom is -0.314 e. The standard InChI is InChI=1S/C20H29N3O/c1-2-17-6-8-18(9-7-17)19(16-23-14-12-21-13-15-23)20(22-24)10-4-3-5-11-20/h2,6-9,19,21H,1,3-5,10-16H2. The van der Waals surface area contributed by atoms with Crippen molar-refractivity contribution >= 4 is 6.08 Å². The van der Waals surface area contributed by atoms with Crippen molar-refractivity contribution in [1.29, 1.82) is 0 Å². The highest BCUT2D eigenvalue weighted by atomic mass is 16.3. The zero-order valence-corrected chi connectivity index (χ0v) is 14.5. The van der Waals surface area contributed by atoms with Crippen LogP contribution in [0, 0.1) is 4.91 Å². The molecule has 130 valence electrons. The van der Waals surface area contributed by atoms with Crippen LogP contribution in [0.3, 0.4) is 0 Å². The first-order chi connectivity index (χ1) is 11.8. The molecular formula is C20H29N3O. The highest BCUT2D eigenvalue weighted by molar-refractivity contribution is 5.47. The van der Waals surface area contributed by atoms with E-state index in [0.29, 0.717) is 0 Å². The number of benzene rings is 1. The third-order valence-electron chi connectivity index (χ3n) is 5.77. The predicted octanol–water partition coefficient (Wildman–Crippen LogP) is 3.79. The Morgan fingerprint density at radius 2 is 1.83 bits per heavy atom. The number of piperazine rings is 1. The van der Waals surface area contributed by atoms with E-state index in [4.69, 9.17) is 0 Å². The predicted molar refractivity (Wildman–Crippen MR) is 100 cm³/mol. The molecule has 0 bridgehead atoms. The van der Waals surface area contributed by atoms with Crippen molar-refractivity contribution in [2.75, 3.05) is 32.7 Å². The number of hydrogen-bond acceptors (Lipinski definition) is 4. The Morgan fingerprint density at radius 3 is 2.42 bits per heavy atom. The second-order valence-corrected chi connectivity index (χ2v) is 7.23. The van der Waals surface area contributed by atoms with Crippen molar-refractivity contribution < 1.29 is 0 Å². The summed E-state index contributed by atoms with van der Waals surface area (Å²) in [7, 11) is 0. The van der Waals surface area contributed by atoms with E-state index in [0.717, 1.165) is 64.0 Å². The van der Waals surface area contributed by atoms with E-state index < -0.39 is 5.54 Å². The maximum absolute atomic E-state index is 12.0. The second-order valence-electron chi connectivity index (χ2n) is 7.23. The summed E-state index contributed by atoms with van der Waals surface area (Å²) in [6.07, 6.45) is 7.19. The summed E-state index contributed by atoms with van der Waals surface area (Å²) in [4.78, 5) is 14.5. The van der Waals surface area contributed by atoms with Gasteiger partial charge in [0.1, 0.15) is 5.54 Å². The third kappa shape index (κ3) is 3.76. The molecule has 1 atom stereocenters. The van der Waals surface area contributed by atoms with E-state index in [-0.39, 0.29) is 5.92 Å². The van der Waals surface area contributed by atoms with Crippen LogP contribution in [0.4, 0.5) is 0 Å². The summed E-state index contributed by atoms with van der Waals surface area (Å²) >= 11 is 0. The van der Waals surface area contributed by atoms with Crippen molar-refractivity contribution in [3.05, 3.63) is 46.9 Å². The molecule has 1 saturated carbocycles. The maximum Gasteiger partial charge on any atom is 0.111 e. The Hall–Kier alpha value is -1.52. The van der Waals surface area contributed by atoms with Gasteiger partial charge in [-0.05, 0) is 24.0 Å². The molecule has 1 heterocycles. The maximum atomic E-state index is 12.0. The quantitative estimate of drug-likeness (QED) is 0.809. The number of nitrogens with zero attached hydrogens (tertiary/aromatic N) is 2. The van der Waals surface area contributed by atoms with Crippen LogP contribution in [0.1, 0.15) is 49.1 Å². The summed E-state index contributed by atoms with van der Waals surface area (Å²) in [5, 5.41) is 7.16. The Bertz CT molecular complexity index is 543. The van der Waals surface area contributed by atoms with Crippen molar-refractivity contribution in [3.63, 3.8) is 0 Å². The Morgan fingerprint density at radius 1 is 1.17 bits per heavy atom. The fourth-order valence-electron chi connectivity index (χ4n) is 4.27. The smallest absolute Gasteiger partial charge is 0.111 e. The van der Waals surface area contributed by atoms with Gasteiger partial charge >= 0.3 is 0 Å². The monoisotopic (exact) mass is 327 g/mol. The summed E-state index contributed by atoms with van der Waals surface area (Å²) < 4.78 is 0. The molecule has 1 aromatic rings. The molecule has 24 heavy (non-hydrogen) atoms. The molecule has 3 rings (SSSR count). The third-order valence-corrected chi connectivity index (χ3v) is 5.77. The molecule has 1 aromatic carbocycles. The molecule has 1 aliphatic carbocycles. The van der Waals surface area contributed by atoms with Crippen molar-refractivity contribution in [2.24, 2.45) is 5.18 Å². The average Bonchev–Trinajstić information content (AvgIpc) is 2.67. The van der Waals surface area contributed by atoms with E-state index in [9.17, 15) is 4.91 Å². The lowest BCUT2D eigenvalue weighted by Gasteiger charge is -2.41. The van der Waals surface area contributed by atoms with Crippen LogP contribution in [0.15, 0.2) is 36.0 Å². The number of rotatable bonds is 6. The van der Waals surface area contributed by atoms with E-state index in [2.05, 4.69) is 46.2 Å². The van der Waals surface area contributed by atoms with Crippen molar-refractivity contribution in [3.8, 4) is 0 Å². The SMILES string of the molecule is C=Cc1ccc(C(CN2CCNCC2)C2(N=O)CCCCC2)cc1. The largest absolute Gasteiger partial charge is 0.314 e. The molecule has 4 nitrogen and oxygen atoms in total. The van der Waals surface area contributed by atoms with Crippen LogP contribution in [0.5, 0.6) is 0 Å². The molecule has 0 spiro atoms. The van der Waals surface area contributed by atoms with Gasteiger partial charge in [0.25, 0.3) is 0 Å². The van der Waals surface area contributed by atoms with E-state index in [1.807, 2.05) is 6.08 Å². The fourth-order valence-corrected chi connectivity index (χ4v) is 4.27. The van der Waals surface area contributed by atoms with Crippen LogP contribution in [-0.4, -0.2) is 43.2 Å². The van der Waals surface area contributed by atoms with E-state index in [1.54, 1.807) is 0 Å². The van der Waals surface area contributed by atoms with Gasteiger partial charge in [-0.3, -0.25) is 0 Å². The number of hydrogen-bond donors (Lipinski definition) is 1. The first kappa shape index (κ1) is 17.3. The Balaban J connectivity index is 1.88. The topological polar surface area (TPSA) is 44.7 Å². The second kappa shape index (κ2) is 8.04. The van der Waals surface area contributed by atoms with Gasteiger partial charge in [-0.1, -0.05) is 61.4 Å². The summed E-state index contributed by atoms with van der Waals surface area (Å²) in [5.74, 6) is 0.187. The van der Waals surface area contributed by atoms with Crippen molar-refractivity contribution in [1.82, 2.24) is 10.2 Å². The summed E-state index contributed by atoms with van der Waals surface area (Å²) in [6.45, 7) is 8.93. The molecule has 1 unspecified atom stereocenters. The normalized spacial score (nSPS) is 22.7. The number of nitroso groups, excluding NO2 is 1. The average molecular weight is 327 g/mol. The lowest BCUT2D eigenvalue weighted by Crippen LogP contribution is -2.49. The first-order valence-corrected chi connectivity index (χ1v) is 9.27. The van der Waals surface area contributed by atoms with Gasteiger partial charge in [0.15, 0.2) is 0 Å². The van der Waals surface area contributed by atoms with Gasteiger partial charge in [-0.15, -0.1) is 0 Å². The van der Waals surface area contributed by atoms with E-state index in [1.165, 1.54) is 12.0 Å². The molecule has 1 saturated heterocycles. The first-order valence-electron chi connectivity index (χ1n) is 9.27. The molecular weight excluding hydrogens is 298 g/mol. The molecule has 0 amide bonds. The molecule has 0 radical (unpaired) electrons. The highest BCUT2D eigenvalue weighted by Gasteiger charge is 2.43. The fraction of sp³-hybridized carbons (Fsp3) is 0.600. The Kier molecular flexibility index (Phi) is 5.80. The van der Waals surface area contributed by atoms with Gasteiger partial charge in [-0.25, -0.2) is 0 Å². The van der Waals surface area contributed by atoms with Crippen molar-refractivity contribution in [2.45, 2.75) is 43.6 Å².